The summed E-state index contributed by atoms with van der Waals surface area (Å²) in [5.41, 5.74) is 3.37. The van der Waals surface area contributed by atoms with E-state index in [0.717, 1.165) is 36.1 Å². The Morgan fingerprint density at radius 3 is 2.31 bits per heavy atom. The first kappa shape index (κ1) is 24.0. The summed E-state index contributed by atoms with van der Waals surface area (Å²) >= 11 is 0. The minimum absolute atomic E-state index is 0.0195. The van der Waals surface area contributed by atoms with Crippen molar-refractivity contribution in [2.24, 2.45) is 5.92 Å². The number of fused-ring (bicyclic) bond motifs is 1. The molecule has 2 aromatic carbocycles. The number of nitrogens with zero attached hydrogens (tertiary/aromatic N) is 2. The molecule has 1 amide bonds. The minimum atomic E-state index is -4.54. The number of carbonyl (C=O) groups is 2. The number of benzene rings is 2. The molecule has 0 bridgehead atoms. The van der Waals surface area contributed by atoms with E-state index in [1.807, 2.05) is 24.3 Å². The van der Waals surface area contributed by atoms with Crippen LogP contribution in [-0.2, 0) is 41.6 Å². The highest BCUT2D eigenvalue weighted by molar-refractivity contribution is 5.82. The Labute approximate surface area is 206 Å². The van der Waals surface area contributed by atoms with Crippen LogP contribution < -0.4 is 0 Å². The third-order valence-electron chi connectivity index (χ3n) is 6.91. The lowest BCUT2D eigenvalue weighted by Gasteiger charge is -2.30. The van der Waals surface area contributed by atoms with Gasteiger partial charge in [-0.05, 0) is 71.7 Å². The number of hydrogen-bond acceptors (Lipinski definition) is 3. The number of alkyl halides is 3. The number of carbonyl (C=O) groups excluding carboxylic acids is 1. The Bertz CT molecular complexity index is 1290. The number of amides is 1. The summed E-state index contributed by atoms with van der Waals surface area (Å²) in [6.07, 6.45) is 1.08. The van der Waals surface area contributed by atoms with Gasteiger partial charge < -0.3 is 10.0 Å². The highest BCUT2D eigenvalue weighted by atomic mass is 19.4. The third kappa shape index (κ3) is 5.12. The number of halogens is 3. The van der Waals surface area contributed by atoms with E-state index in [1.165, 1.54) is 18.5 Å². The van der Waals surface area contributed by atoms with E-state index in [4.69, 9.17) is 5.11 Å². The van der Waals surface area contributed by atoms with Crippen LogP contribution in [0.2, 0.25) is 0 Å². The maximum Gasteiger partial charge on any atom is 0.416 e. The van der Waals surface area contributed by atoms with Crippen molar-refractivity contribution >= 4 is 11.9 Å². The summed E-state index contributed by atoms with van der Waals surface area (Å²) in [5.74, 6) is -1.12. The summed E-state index contributed by atoms with van der Waals surface area (Å²) in [4.78, 5) is 30.4. The molecule has 0 saturated heterocycles. The van der Waals surface area contributed by atoms with Crippen molar-refractivity contribution in [3.05, 3.63) is 88.7 Å². The average molecular weight is 495 g/mol. The molecule has 2 aliphatic rings. The highest BCUT2D eigenvalue weighted by Gasteiger charge is 2.39. The molecule has 5 rings (SSSR count). The first-order valence-corrected chi connectivity index (χ1v) is 11.9. The molecular weight excluding hydrogens is 469 g/mol. The van der Waals surface area contributed by atoms with Crippen LogP contribution >= 0.6 is 0 Å². The summed E-state index contributed by atoms with van der Waals surface area (Å²) in [6, 6.07) is 13.0. The second-order valence-corrected chi connectivity index (χ2v) is 9.59. The molecule has 1 N–H and O–H groups in total. The molecule has 36 heavy (non-hydrogen) atoms. The number of hydrogen-bond donors (Lipinski definition) is 1. The average Bonchev–Trinajstić information content (AvgIpc) is 3.60. The maximum absolute atomic E-state index is 13.7. The molecule has 1 heterocycles. The van der Waals surface area contributed by atoms with Crippen LogP contribution in [0.4, 0.5) is 13.2 Å². The number of carboxylic acid groups (broad SMARTS) is 1. The van der Waals surface area contributed by atoms with Crippen LogP contribution in [-0.4, -0.2) is 32.9 Å². The van der Waals surface area contributed by atoms with Crippen LogP contribution in [0.3, 0.4) is 0 Å². The number of aliphatic carboxylic acids is 1. The van der Waals surface area contributed by atoms with Gasteiger partial charge in [-0.3, -0.25) is 14.6 Å². The summed E-state index contributed by atoms with van der Waals surface area (Å²) in [5, 5.41) is 9.15. The van der Waals surface area contributed by atoms with Gasteiger partial charge in [0.2, 0.25) is 5.91 Å². The molecule has 0 spiro atoms. The fraction of sp³-hybridized carbons (Fsp3) is 0.321. The summed E-state index contributed by atoms with van der Waals surface area (Å²) in [7, 11) is 0. The van der Waals surface area contributed by atoms with Crippen molar-refractivity contribution in [2.75, 3.05) is 0 Å². The van der Waals surface area contributed by atoms with Crippen molar-refractivity contribution in [1.82, 2.24) is 9.88 Å². The zero-order valence-electron chi connectivity index (χ0n) is 19.5. The summed E-state index contributed by atoms with van der Waals surface area (Å²) in [6.45, 7) is 0.0381. The van der Waals surface area contributed by atoms with Crippen molar-refractivity contribution in [1.29, 1.82) is 0 Å². The smallest absolute Gasteiger partial charge is 0.416 e. The highest BCUT2D eigenvalue weighted by Crippen LogP contribution is 2.38. The number of carboxylic acids is 1. The van der Waals surface area contributed by atoms with E-state index >= 15 is 0 Å². The van der Waals surface area contributed by atoms with E-state index in [-0.39, 0.29) is 30.8 Å². The predicted molar refractivity (Wildman–Crippen MR) is 127 cm³/mol. The number of pyridine rings is 1. The monoisotopic (exact) mass is 494 g/mol. The molecule has 186 valence electrons. The fourth-order valence-electron chi connectivity index (χ4n) is 4.98. The SMILES string of the molecule is O=C(O)Cc1cncc(-c2ccc(C(F)(F)F)cc2CN(C(=O)C2CC2)C2Cc3ccccc3C2)c1. The molecule has 1 fully saturated rings. The fourth-order valence-corrected chi connectivity index (χ4v) is 4.98. The first-order valence-electron chi connectivity index (χ1n) is 11.9. The third-order valence-corrected chi connectivity index (χ3v) is 6.91. The standard InChI is InChI=1S/C28H25F3N2O3/c29-28(30,31)23-7-8-25(21-9-17(10-26(34)35)14-32-15-21)22(11-23)16-33(27(36)18-5-6-18)24-12-19-3-1-2-4-20(19)13-24/h1-4,7-9,11,14-15,18,24H,5-6,10,12-13,16H2,(H,34,35). The van der Waals surface area contributed by atoms with E-state index < -0.39 is 17.7 Å². The van der Waals surface area contributed by atoms with Gasteiger partial charge in [0.25, 0.3) is 0 Å². The largest absolute Gasteiger partial charge is 0.481 e. The Morgan fingerprint density at radius 2 is 1.69 bits per heavy atom. The Kier molecular flexibility index (Phi) is 6.28. The second-order valence-electron chi connectivity index (χ2n) is 9.59. The van der Waals surface area contributed by atoms with E-state index in [2.05, 4.69) is 4.98 Å². The quantitative estimate of drug-likeness (QED) is 0.484. The van der Waals surface area contributed by atoms with Gasteiger partial charge in [-0.2, -0.15) is 13.2 Å². The molecule has 8 heteroatoms. The zero-order chi connectivity index (χ0) is 25.4. The zero-order valence-corrected chi connectivity index (χ0v) is 19.5. The molecule has 0 aliphatic heterocycles. The van der Waals surface area contributed by atoms with Crippen LogP contribution in [0.1, 0.15) is 40.7 Å². The minimum Gasteiger partial charge on any atom is -0.481 e. The molecule has 3 aromatic rings. The predicted octanol–water partition coefficient (Wildman–Crippen LogP) is 5.30. The molecular formula is C28H25F3N2O3. The van der Waals surface area contributed by atoms with Gasteiger partial charge in [-0.1, -0.05) is 30.3 Å². The lowest BCUT2D eigenvalue weighted by atomic mass is 9.96. The van der Waals surface area contributed by atoms with Crippen LogP contribution in [0, 0.1) is 5.92 Å². The Hall–Kier alpha value is -3.68. The molecule has 0 atom stereocenters. The number of rotatable bonds is 7. The van der Waals surface area contributed by atoms with Gasteiger partial charge in [0.15, 0.2) is 0 Å². The Balaban J connectivity index is 1.54. The Morgan fingerprint density at radius 1 is 1.00 bits per heavy atom. The van der Waals surface area contributed by atoms with Gasteiger partial charge in [-0.25, -0.2) is 0 Å². The number of aromatic nitrogens is 1. The van der Waals surface area contributed by atoms with Crippen molar-refractivity contribution in [2.45, 2.75) is 50.9 Å². The van der Waals surface area contributed by atoms with Crippen molar-refractivity contribution in [3.63, 3.8) is 0 Å². The van der Waals surface area contributed by atoms with E-state index in [0.29, 0.717) is 35.1 Å². The molecule has 1 aromatic heterocycles. The topological polar surface area (TPSA) is 70.5 Å². The normalized spacial score (nSPS) is 15.5. The molecule has 1 saturated carbocycles. The molecule has 5 nitrogen and oxygen atoms in total. The maximum atomic E-state index is 13.7. The van der Waals surface area contributed by atoms with Crippen LogP contribution in [0.5, 0.6) is 0 Å². The van der Waals surface area contributed by atoms with Gasteiger partial charge in [0, 0.05) is 36.5 Å². The second kappa shape index (κ2) is 9.41. The van der Waals surface area contributed by atoms with Crippen molar-refractivity contribution < 1.29 is 27.9 Å². The molecule has 2 aliphatic carbocycles. The van der Waals surface area contributed by atoms with Gasteiger partial charge in [0.05, 0.1) is 12.0 Å². The first-order chi connectivity index (χ1) is 17.2. The van der Waals surface area contributed by atoms with Crippen molar-refractivity contribution in [3.8, 4) is 11.1 Å². The lowest BCUT2D eigenvalue weighted by molar-refractivity contribution is -0.138. The van der Waals surface area contributed by atoms with Gasteiger partial charge in [-0.15, -0.1) is 0 Å². The van der Waals surface area contributed by atoms with E-state index in [1.54, 1.807) is 11.0 Å². The van der Waals surface area contributed by atoms with Gasteiger partial charge in [0.1, 0.15) is 0 Å². The van der Waals surface area contributed by atoms with Crippen LogP contribution in [0.15, 0.2) is 60.9 Å². The molecule has 0 unspecified atom stereocenters. The van der Waals surface area contributed by atoms with E-state index in [9.17, 15) is 22.8 Å². The summed E-state index contributed by atoms with van der Waals surface area (Å²) < 4.78 is 41.0. The van der Waals surface area contributed by atoms with Crippen LogP contribution in [0.25, 0.3) is 11.1 Å². The molecule has 0 radical (unpaired) electrons. The van der Waals surface area contributed by atoms with Gasteiger partial charge >= 0.3 is 12.1 Å². The lowest BCUT2D eigenvalue weighted by Crippen LogP contribution is -2.41.